The fourth-order valence-corrected chi connectivity index (χ4v) is 4.82. The molecule has 1 aromatic heterocycles. The van der Waals surface area contributed by atoms with E-state index in [0.717, 1.165) is 16.7 Å². The largest absolute Gasteiger partial charge is 0.482 e. The predicted molar refractivity (Wildman–Crippen MR) is 152 cm³/mol. The highest BCUT2D eigenvalue weighted by Gasteiger charge is 2.20. The van der Waals surface area contributed by atoms with Gasteiger partial charge in [0.15, 0.2) is 11.6 Å². The van der Waals surface area contributed by atoms with Crippen molar-refractivity contribution in [2.75, 3.05) is 5.73 Å². The molecule has 0 fully saturated rings. The summed E-state index contributed by atoms with van der Waals surface area (Å²) in [6, 6.07) is 19.0. The van der Waals surface area contributed by atoms with Crippen LogP contribution in [0.5, 0.6) is 5.75 Å². The van der Waals surface area contributed by atoms with E-state index < -0.39 is 11.9 Å². The lowest BCUT2D eigenvalue weighted by Crippen LogP contribution is -2.34. The van der Waals surface area contributed by atoms with Crippen molar-refractivity contribution in [1.29, 1.82) is 0 Å². The summed E-state index contributed by atoms with van der Waals surface area (Å²) in [4.78, 5) is 17.0. The van der Waals surface area contributed by atoms with Gasteiger partial charge in [-0.1, -0.05) is 59.1 Å². The van der Waals surface area contributed by atoms with Crippen LogP contribution in [-0.2, 0) is 6.42 Å². The quantitative estimate of drug-likeness (QED) is 0.210. The van der Waals surface area contributed by atoms with Gasteiger partial charge in [-0.2, -0.15) is 0 Å². The first-order chi connectivity index (χ1) is 18.1. The molecule has 0 saturated heterocycles. The number of ether oxygens (including phenoxy) is 1. The first kappa shape index (κ1) is 27.7. The molecule has 2 atom stereocenters. The summed E-state index contributed by atoms with van der Waals surface area (Å²) in [7, 11) is 0. The molecule has 0 aliphatic heterocycles. The van der Waals surface area contributed by atoms with Gasteiger partial charge in [0.25, 0.3) is 5.91 Å². The Hall–Kier alpha value is -3.32. The Bertz CT molecular complexity index is 1450. The molecular formula is C29H25Cl3FN3O2. The van der Waals surface area contributed by atoms with Gasteiger partial charge < -0.3 is 15.8 Å². The number of hydrogen-bond acceptors (Lipinski definition) is 4. The Labute approximate surface area is 235 Å². The van der Waals surface area contributed by atoms with Crippen LogP contribution in [0.25, 0.3) is 11.1 Å². The smallest absolute Gasteiger partial charge is 0.251 e. The summed E-state index contributed by atoms with van der Waals surface area (Å²) in [5.41, 5.74) is 9.50. The number of nitrogens with zero attached hydrogens (tertiary/aromatic N) is 1. The number of halogens is 4. The van der Waals surface area contributed by atoms with E-state index in [9.17, 15) is 9.18 Å². The zero-order chi connectivity index (χ0) is 27.4. The third-order valence-corrected chi connectivity index (χ3v) is 6.95. The second kappa shape index (κ2) is 12.0. The van der Waals surface area contributed by atoms with Crippen molar-refractivity contribution in [2.24, 2.45) is 0 Å². The number of nitrogens with one attached hydrogen (secondary N) is 1. The molecule has 0 aliphatic rings. The van der Waals surface area contributed by atoms with E-state index >= 15 is 0 Å². The Morgan fingerprint density at radius 2 is 1.68 bits per heavy atom. The number of benzene rings is 3. The standard InChI is InChI=1S/C29H25Cl3FN3O2/c1-16(13-18-3-9-22(30)10-4-18)36-29(37)20-7-5-19(6-8-20)21-14-25(28(34)35-15-21)38-17(2)26-23(31)11-12-24(33)27(26)32/h3-12,14-17H,13H2,1-2H3,(H2,34,35)(H,36,37)/t16-,17-/m0/s1. The number of amides is 1. The maximum Gasteiger partial charge on any atom is 0.251 e. The van der Waals surface area contributed by atoms with Crippen molar-refractivity contribution in [2.45, 2.75) is 32.4 Å². The van der Waals surface area contributed by atoms with Crippen LogP contribution in [0.15, 0.2) is 72.9 Å². The van der Waals surface area contributed by atoms with E-state index in [-0.39, 0.29) is 27.8 Å². The van der Waals surface area contributed by atoms with Gasteiger partial charge in [-0.3, -0.25) is 4.79 Å². The molecule has 0 saturated carbocycles. The Kier molecular flexibility index (Phi) is 8.77. The summed E-state index contributed by atoms with van der Waals surface area (Å²) in [6.45, 7) is 3.65. The van der Waals surface area contributed by atoms with E-state index in [1.807, 2.05) is 43.3 Å². The molecule has 0 unspecified atom stereocenters. The predicted octanol–water partition coefficient (Wildman–Crippen LogP) is 7.93. The van der Waals surface area contributed by atoms with Crippen LogP contribution >= 0.6 is 34.8 Å². The fourth-order valence-electron chi connectivity index (χ4n) is 4.02. The van der Waals surface area contributed by atoms with Crippen molar-refractivity contribution >= 4 is 46.5 Å². The highest BCUT2D eigenvalue weighted by atomic mass is 35.5. The number of nitrogens with two attached hydrogens (primary N) is 1. The summed E-state index contributed by atoms with van der Waals surface area (Å²) in [5.74, 6) is -0.306. The van der Waals surface area contributed by atoms with Crippen LogP contribution in [0.1, 0.15) is 41.4 Å². The van der Waals surface area contributed by atoms with Gasteiger partial charge in [0.2, 0.25) is 0 Å². The van der Waals surface area contributed by atoms with Crippen molar-refractivity contribution in [1.82, 2.24) is 10.3 Å². The minimum Gasteiger partial charge on any atom is -0.482 e. The molecule has 0 bridgehead atoms. The molecule has 196 valence electrons. The zero-order valence-corrected chi connectivity index (χ0v) is 22.9. The second-order valence-electron chi connectivity index (χ2n) is 8.91. The third kappa shape index (κ3) is 6.57. The average molecular weight is 573 g/mol. The number of hydrogen-bond donors (Lipinski definition) is 2. The Morgan fingerprint density at radius 3 is 2.37 bits per heavy atom. The van der Waals surface area contributed by atoms with Gasteiger partial charge in [0.1, 0.15) is 11.9 Å². The van der Waals surface area contributed by atoms with E-state index in [0.29, 0.717) is 28.3 Å². The summed E-state index contributed by atoms with van der Waals surface area (Å²) < 4.78 is 20.0. The molecule has 1 amide bonds. The molecule has 5 nitrogen and oxygen atoms in total. The fraction of sp³-hybridized carbons (Fsp3) is 0.172. The van der Waals surface area contributed by atoms with E-state index in [1.54, 1.807) is 31.3 Å². The van der Waals surface area contributed by atoms with Crippen LogP contribution in [0.2, 0.25) is 15.1 Å². The van der Waals surface area contributed by atoms with Gasteiger partial charge in [0, 0.05) is 39.0 Å². The maximum absolute atomic E-state index is 14.0. The first-order valence-electron chi connectivity index (χ1n) is 11.8. The van der Waals surface area contributed by atoms with Crippen molar-refractivity contribution < 1.29 is 13.9 Å². The normalized spacial score (nSPS) is 12.6. The van der Waals surface area contributed by atoms with Crippen LogP contribution in [0, 0.1) is 5.82 Å². The topological polar surface area (TPSA) is 77.2 Å². The molecule has 4 rings (SSSR count). The number of pyridine rings is 1. The van der Waals surface area contributed by atoms with Gasteiger partial charge in [-0.05, 0) is 73.9 Å². The number of anilines is 1. The van der Waals surface area contributed by atoms with E-state index in [2.05, 4.69) is 10.3 Å². The number of carbonyl (C=O) groups excluding carboxylic acids is 1. The minimum atomic E-state index is -0.689. The number of rotatable bonds is 8. The minimum absolute atomic E-state index is 0.0635. The molecule has 38 heavy (non-hydrogen) atoms. The number of nitrogen functional groups attached to an aromatic ring is 1. The molecule has 3 N–H and O–H groups in total. The Balaban J connectivity index is 1.45. The molecule has 0 radical (unpaired) electrons. The molecule has 1 heterocycles. The monoisotopic (exact) mass is 571 g/mol. The molecule has 9 heteroatoms. The van der Waals surface area contributed by atoms with Crippen LogP contribution < -0.4 is 15.8 Å². The SMILES string of the molecule is C[C@H](Oc1cc(-c2ccc(C(=O)N[C@@H](C)Cc3ccc(Cl)cc3)cc2)cnc1N)c1c(Cl)ccc(F)c1Cl. The molecular weight excluding hydrogens is 548 g/mol. The highest BCUT2D eigenvalue weighted by Crippen LogP contribution is 2.37. The summed E-state index contributed by atoms with van der Waals surface area (Å²) in [6.07, 6.45) is 1.61. The lowest BCUT2D eigenvalue weighted by molar-refractivity contribution is 0.0940. The lowest BCUT2D eigenvalue weighted by atomic mass is 10.0. The lowest BCUT2D eigenvalue weighted by Gasteiger charge is -2.19. The van der Waals surface area contributed by atoms with Crippen molar-refractivity contribution in [3.63, 3.8) is 0 Å². The van der Waals surface area contributed by atoms with Crippen molar-refractivity contribution in [3.05, 3.63) is 111 Å². The zero-order valence-electron chi connectivity index (χ0n) is 20.6. The van der Waals surface area contributed by atoms with Crippen LogP contribution in [-0.4, -0.2) is 16.9 Å². The second-order valence-corrected chi connectivity index (χ2v) is 10.1. The third-order valence-electron chi connectivity index (χ3n) is 5.98. The van der Waals surface area contributed by atoms with Gasteiger partial charge in [-0.25, -0.2) is 9.37 Å². The van der Waals surface area contributed by atoms with Crippen LogP contribution in [0.4, 0.5) is 10.2 Å². The molecule has 0 aliphatic carbocycles. The van der Waals surface area contributed by atoms with E-state index in [4.69, 9.17) is 45.3 Å². The van der Waals surface area contributed by atoms with Crippen molar-refractivity contribution in [3.8, 4) is 16.9 Å². The summed E-state index contributed by atoms with van der Waals surface area (Å²) in [5, 5.41) is 3.87. The maximum atomic E-state index is 14.0. The van der Waals surface area contributed by atoms with E-state index in [1.165, 1.54) is 12.1 Å². The van der Waals surface area contributed by atoms with Gasteiger partial charge >= 0.3 is 0 Å². The number of aromatic nitrogens is 1. The van der Waals surface area contributed by atoms with Gasteiger partial charge in [0.05, 0.1) is 5.02 Å². The van der Waals surface area contributed by atoms with Gasteiger partial charge in [-0.15, -0.1) is 0 Å². The molecule has 3 aromatic carbocycles. The molecule has 0 spiro atoms. The van der Waals surface area contributed by atoms with Crippen LogP contribution in [0.3, 0.4) is 0 Å². The number of carbonyl (C=O) groups is 1. The Morgan fingerprint density at radius 1 is 1.00 bits per heavy atom. The average Bonchev–Trinajstić information content (AvgIpc) is 2.89. The highest BCUT2D eigenvalue weighted by molar-refractivity contribution is 6.36. The molecule has 4 aromatic rings. The summed E-state index contributed by atoms with van der Waals surface area (Å²) >= 11 is 18.3. The first-order valence-corrected chi connectivity index (χ1v) is 13.0.